The highest BCUT2D eigenvalue weighted by atomic mass is 35.5. The van der Waals surface area contributed by atoms with Gasteiger partial charge in [0.15, 0.2) is 0 Å². The van der Waals surface area contributed by atoms with Gasteiger partial charge < -0.3 is 14.4 Å². The number of benzene rings is 3. The molecule has 5 nitrogen and oxygen atoms in total. The highest BCUT2D eigenvalue weighted by Gasteiger charge is 2.31. The molecule has 4 aromatic rings. The van der Waals surface area contributed by atoms with Crippen LogP contribution < -0.4 is 4.74 Å². The number of aromatic nitrogens is 1. The van der Waals surface area contributed by atoms with E-state index in [1.54, 1.807) is 16.7 Å². The van der Waals surface area contributed by atoms with Crippen molar-refractivity contribution >= 4 is 34.3 Å². The van der Waals surface area contributed by atoms with E-state index >= 15 is 0 Å². The van der Waals surface area contributed by atoms with Gasteiger partial charge >= 0.3 is 12.1 Å². The monoisotopic (exact) mass is 473 g/mol. The van der Waals surface area contributed by atoms with Crippen molar-refractivity contribution in [1.29, 1.82) is 0 Å². The summed E-state index contributed by atoms with van der Waals surface area (Å²) < 4.78 is 46.0. The Morgan fingerprint density at radius 2 is 1.73 bits per heavy atom. The van der Waals surface area contributed by atoms with Gasteiger partial charge in [-0.05, 0) is 42.0 Å². The number of nitrogens with zero attached hydrogens (tertiary/aromatic N) is 1. The second-order valence-corrected chi connectivity index (χ2v) is 7.62. The van der Waals surface area contributed by atoms with Crippen molar-refractivity contribution in [3.63, 3.8) is 0 Å². The first kappa shape index (κ1) is 22.4. The number of aliphatic carboxylic acids is 1. The van der Waals surface area contributed by atoms with Crippen LogP contribution in [0.4, 0.5) is 13.2 Å². The van der Waals surface area contributed by atoms with Gasteiger partial charge in [-0.2, -0.15) is 13.2 Å². The number of fused-ring (bicyclic) bond motifs is 1. The van der Waals surface area contributed by atoms with Gasteiger partial charge in [0.2, 0.25) is 0 Å². The molecular formula is C24H15ClF3NO4. The summed E-state index contributed by atoms with van der Waals surface area (Å²) in [6, 6.07) is 16.8. The number of ketones is 1. The van der Waals surface area contributed by atoms with E-state index in [0.717, 1.165) is 23.8 Å². The van der Waals surface area contributed by atoms with Crippen LogP contribution in [0.3, 0.4) is 0 Å². The number of carbonyl (C=O) groups excluding carboxylic acids is 1. The Kier molecular flexibility index (Phi) is 5.86. The zero-order chi connectivity index (χ0) is 23.8. The van der Waals surface area contributed by atoms with E-state index < -0.39 is 23.5 Å². The molecule has 1 aromatic heterocycles. The third kappa shape index (κ3) is 4.70. The van der Waals surface area contributed by atoms with Gasteiger partial charge in [-0.1, -0.05) is 41.9 Å². The number of carbonyl (C=O) groups is 2. The largest absolute Gasteiger partial charge is 0.475 e. The summed E-state index contributed by atoms with van der Waals surface area (Å²) in [6.45, 7) is 0.398. The fourth-order valence-corrected chi connectivity index (χ4v) is 3.65. The van der Waals surface area contributed by atoms with Gasteiger partial charge in [-0.15, -0.1) is 0 Å². The maximum absolute atomic E-state index is 12.9. The molecule has 0 aliphatic carbocycles. The van der Waals surface area contributed by atoms with Crippen LogP contribution >= 0.6 is 11.6 Å². The lowest BCUT2D eigenvalue weighted by molar-refractivity contribution is -0.137. The number of alkyl halides is 3. The summed E-state index contributed by atoms with van der Waals surface area (Å²) in [5.41, 5.74) is 0.593. The first-order valence-electron chi connectivity index (χ1n) is 9.62. The number of rotatable bonds is 6. The molecule has 0 radical (unpaired) electrons. The lowest BCUT2D eigenvalue weighted by Crippen LogP contribution is -2.12. The van der Waals surface area contributed by atoms with Crippen LogP contribution in [0.25, 0.3) is 10.9 Å². The molecule has 0 saturated heterocycles. The number of carboxylic acid groups (broad SMARTS) is 1. The molecule has 1 N–H and O–H groups in total. The molecule has 0 aliphatic heterocycles. The maximum atomic E-state index is 12.9. The Balaban J connectivity index is 1.74. The van der Waals surface area contributed by atoms with Crippen molar-refractivity contribution in [3.8, 4) is 11.5 Å². The minimum absolute atomic E-state index is 0.0150. The maximum Gasteiger partial charge on any atom is 0.416 e. The summed E-state index contributed by atoms with van der Waals surface area (Å²) in [5.74, 6) is -2.53. The van der Waals surface area contributed by atoms with Crippen LogP contribution in [0.15, 0.2) is 72.9 Å². The van der Waals surface area contributed by atoms with E-state index in [4.69, 9.17) is 16.3 Å². The SMILES string of the molecule is O=C(O)C(=O)c1cn(Cc2ccccc2)c2ccc(Oc3ccc(C(F)(F)F)cc3Cl)cc12. The molecule has 0 atom stereocenters. The van der Waals surface area contributed by atoms with Gasteiger partial charge in [-0.25, -0.2) is 4.79 Å². The number of carboxylic acids is 1. The van der Waals surface area contributed by atoms with Crippen LogP contribution in [-0.2, 0) is 17.5 Å². The van der Waals surface area contributed by atoms with Crippen LogP contribution in [0, 0.1) is 0 Å². The van der Waals surface area contributed by atoms with E-state index in [0.29, 0.717) is 17.4 Å². The number of hydrogen-bond donors (Lipinski definition) is 1. The Bertz CT molecular complexity index is 1360. The molecule has 0 aliphatic rings. The van der Waals surface area contributed by atoms with Crippen LogP contribution in [-0.4, -0.2) is 21.4 Å². The molecule has 0 bridgehead atoms. The molecule has 1 heterocycles. The summed E-state index contributed by atoms with van der Waals surface area (Å²) in [7, 11) is 0. The summed E-state index contributed by atoms with van der Waals surface area (Å²) >= 11 is 5.96. The Morgan fingerprint density at radius 3 is 2.36 bits per heavy atom. The first-order chi connectivity index (χ1) is 15.6. The molecule has 0 unspecified atom stereocenters. The first-order valence-corrected chi connectivity index (χ1v) is 10.0. The quantitative estimate of drug-likeness (QED) is 0.259. The van der Waals surface area contributed by atoms with Crippen molar-refractivity contribution < 1.29 is 32.6 Å². The Labute approximate surface area is 190 Å². The highest BCUT2D eigenvalue weighted by Crippen LogP contribution is 2.37. The second kappa shape index (κ2) is 8.63. The van der Waals surface area contributed by atoms with E-state index in [2.05, 4.69) is 0 Å². The zero-order valence-electron chi connectivity index (χ0n) is 16.8. The lowest BCUT2D eigenvalue weighted by atomic mass is 10.1. The predicted octanol–water partition coefficient (Wildman–Crippen LogP) is 6.42. The second-order valence-electron chi connectivity index (χ2n) is 7.21. The Hall–Kier alpha value is -3.78. The fourth-order valence-electron chi connectivity index (χ4n) is 3.43. The number of Topliss-reactive ketones (excluding diaryl/α,β-unsaturated/α-hetero) is 1. The topological polar surface area (TPSA) is 68.5 Å². The summed E-state index contributed by atoms with van der Waals surface area (Å²) in [5, 5.41) is 9.32. The van der Waals surface area contributed by atoms with Crippen molar-refractivity contribution in [2.24, 2.45) is 0 Å². The van der Waals surface area contributed by atoms with Gasteiger partial charge in [0.25, 0.3) is 5.78 Å². The van der Waals surface area contributed by atoms with Gasteiger partial charge in [-0.3, -0.25) is 4.79 Å². The molecule has 0 saturated carbocycles. The molecular weight excluding hydrogens is 459 g/mol. The van der Waals surface area contributed by atoms with Gasteiger partial charge in [0, 0.05) is 23.6 Å². The molecule has 168 valence electrons. The van der Waals surface area contributed by atoms with Gasteiger partial charge in [0.05, 0.1) is 16.1 Å². The van der Waals surface area contributed by atoms with Crippen molar-refractivity contribution in [1.82, 2.24) is 4.57 Å². The van der Waals surface area contributed by atoms with E-state index in [-0.39, 0.29) is 22.1 Å². The average molecular weight is 474 g/mol. The van der Waals surface area contributed by atoms with Crippen molar-refractivity contribution in [2.45, 2.75) is 12.7 Å². The van der Waals surface area contributed by atoms with E-state index in [1.807, 2.05) is 30.3 Å². The van der Waals surface area contributed by atoms with E-state index in [1.165, 1.54) is 12.3 Å². The molecule has 0 fully saturated rings. The average Bonchev–Trinajstić information content (AvgIpc) is 3.12. The Morgan fingerprint density at radius 1 is 1.00 bits per heavy atom. The van der Waals surface area contributed by atoms with E-state index in [9.17, 15) is 27.9 Å². The minimum atomic E-state index is -4.55. The molecule has 4 rings (SSSR count). The molecule has 33 heavy (non-hydrogen) atoms. The standard InChI is InChI=1S/C24H15ClF3NO4/c25-19-10-15(24(26,27)28)6-9-21(19)33-16-7-8-20-17(11-16)18(22(30)23(31)32)13-29(20)12-14-4-2-1-3-5-14/h1-11,13H,12H2,(H,31,32). The molecule has 3 aromatic carbocycles. The third-order valence-electron chi connectivity index (χ3n) is 4.97. The van der Waals surface area contributed by atoms with Crippen LogP contribution in [0.1, 0.15) is 21.5 Å². The van der Waals surface area contributed by atoms with Crippen LogP contribution in [0.2, 0.25) is 5.02 Å². The zero-order valence-corrected chi connectivity index (χ0v) is 17.5. The van der Waals surface area contributed by atoms with Crippen LogP contribution in [0.5, 0.6) is 11.5 Å². The molecule has 0 amide bonds. The number of hydrogen-bond acceptors (Lipinski definition) is 3. The fraction of sp³-hybridized carbons (Fsp3) is 0.0833. The summed E-state index contributed by atoms with van der Waals surface area (Å²) in [4.78, 5) is 23.6. The normalized spacial score (nSPS) is 11.5. The lowest BCUT2D eigenvalue weighted by Gasteiger charge is -2.12. The third-order valence-corrected chi connectivity index (χ3v) is 5.27. The molecule has 9 heteroatoms. The minimum Gasteiger partial charge on any atom is -0.475 e. The van der Waals surface area contributed by atoms with Crippen molar-refractivity contribution in [3.05, 3.63) is 94.6 Å². The highest BCUT2D eigenvalue weighted by molar-refractivity contribution is 6.42. The number of ether oxygens (including phenoxy) is 1. The smallest absolute Gasteiger partial charge is 0.416 e. The van der Waals surface area contributed by atoms with Crippen molar-refractivity contribution in [2.75, 3.05) is 0 Å². The predicted molar refractivity (Wildman–Crippen MR) is 116 cm³/mol. The summed E-state index contributed by atoms with van der Waals surface area (Å²) in [6.07, 6.45) is -3.09. The number of halogens is 4. The van der Waals surface area contributed by atoms with Gasteiger partial charge in [0.1, 0.15) is 11.5 Å². The molecule has 0 spiro atoms.